The van der Waals surface area contributed by atoms with Crippen LogP contribution in [0.5, 0.6) is 0 Å². The van der Waals surface area contributed by atoms with Crippen LogP contribution in [0, 0.1) is 0 Å². The van der Waals surface area contributed by atoms with Gasteiger partial charge in [0.05, 0.1) is 0 Å². The van der Waals surface area contributed by atoms with Crippen LogP contribution in [0.25, 0.3) is 11.0 Å². The van der Waals surface area contributed by atoms with Crippen molar-refractivity contribution in [3.05, 3.63) is 29.0 Å². The van der Waals surface area contributed by atoms with Crippen LogP contribution in [0.1, 0.15) is 0 Å². The van der Waals surface area contributed by atoms with Crippen LogP contribution in [0.2, 0.25) is 0 Å². The highest BCUT2D eigenvalue weighted by Gasteiger charge is 2.02. The summed E-state index contributed by atoms with van der Waals surface area (Å²) in [6, 6.07) is 3.90. The molecule has 0 aliphatic carbocycles. The molecule has 56 valence electrons. The zero-order chi connectivity index (χ0) is 7.84. The summed E-state index contributed by atoms with van der Waals surface area (Å²) in [6.07, 6.45) is 3.63. The molecule has 2 heterocycles. The Balaban J connectivity index is 2.95. The Bertz CT molecular complexity index is 360. The molecular weight excluding hydrogens is 224 g/mol. The van der Waals surface area contributed by atoms with Crippen LogP contribution >= 0.6 is 28.7 Å². The van der Waals surface area contributed by atoms with E-state index in [1.165, 1.54) is 0 Å². The molecular formula is C7H5BrN2S. The molecule has 11 heavy (non-hydrogen) atoms. The molecule has 0 saturated carbocycles. The number of aromatic nitrogens is 2. The van der Waals surface area contributed by atoms with Crippen molar-refractivity contribution in [2.75, 3.05) is 0 Å². The molecule has 2 rings (SSSR count). The molecule has 0 atom stereocenters. The van der Waals surface area contributed by atoms with E-state index in [4.69, 9.17) is 0 Å². The summed E-state index contributed by atoms with van der Waals surface area (Å²) in [5, 5.41) is 1.09. The average molecular weight is 229 g/mol. The maximum atomic E-state index is 4.20. The quantitative estimate of drug-likeness (QED) is 0.687. The van der Waals surface area contributed by atoms with E-state index >= 15 is 0 Å². The molecule has 0 aliphatic heterocycles. The first-order valence-electron chi connectivity index (χ1n) is 3.10. The number of thiol groups is 1. The van der Waals surface area contributed by atoms with Gasteiger partial charge < -0.3 is 0 Å². The number of rotatable bonds is 0. The molecule has 0 saturated heterocycles. The van der Waals surface area contributed by atoms with Crippen molar-refractivity contribution in [1.82, 2.24) is 8.96 Å². The van der Waals surface area contributed by atoms with Crippen molar-refractivity contribution in [3.63, 3.8) is 0 Å². The number of pyridine rings is 1. The molecule has 0 unspecified atom stereocenters. The third-order valence-corrected chi connectivity index (χ3v) is 2.43. The fourth-order valence-electron chi connectivity index (χ4n) is 1.00. The Morgan fingerprint density at radius 1 is 1.55 bits per heavy atom. The van der Waals surface area contributed by atoms with E-state index in [0.717, 1.165) is 15.5 Å². The summed E-state index contributed by atoms with van der Waals surface area (Å²) < 4.78 is 2.72. The highest BCUT2D eigenvalue weighted by molar-refractivity contribution is 9.10. The second kappa shape index (κ2) is 2.53. The summed E-state index contributed by atoms with van der Waals surface area (Å²) in [4.78, 5) is 4.16. The number of nitrogens with zero attached hydrogens (tertiary/aromatic N) is 2. The highest BCUT2D eigenvalue weighted by Crippen LogP contribution is 2.24. The largest absolute Gasteiger partial charge is 0.277 e. The van der Waals surface area contributed by atoms with Gasteiger partial charge in [-0.2, -0.15) is 0 Å². The average Bonchev–Trinajstić information content (AvgIpc) is 2.30. The van der Waals surface area contributed by atoms with Gasteiger partial charge in [0, 0.05) is 22.3 Å². The summed E-state index contributed by atoms with van der Waals surface area (Å²) in [7, 11) is 0. The topological polar surface area (TPSA) is 17.8 Å². The predicted molar refractivity (Wildman–Crippen MR) is 51.8 cm³/mol. The first-order chi connectivity index (χ1) is 5.29. The minimum absolute atomic E-state index is 0.878. The van der Waals surface area contributed by atoms with E-state index in [-0.39, 0.29) is 0 Å². The van der Waals surface area contributed by atoms with E-state index in [1.807, 2.05) is 18.3 Å². The lowest BCUT2D eigenvalue weighted by Gasteiger charge is -1.89. The lowest BCUT2D eigenvalue weighted by molar-refractivity contribution is 1.27. The molecule has 2 aromatic rings. The van der Waals surface area contributed by atoms with Crippen molar-refractivity contribution in [2.24, 2.45) is 0 Å². The van der Waals surface area contributed by atoms with Crippen LogP contribution < -0.4 is 0 Å². The molecule has 2 aromatic heterocycles. The van der Waals surface area contributed by atoms with Crippen molar-refractivity contribution in [1.29, 1.82) is 0 Å². The standard InChI is InChI=1S/C7H5BrN2S/c8-6-4-10(11)7-5(6)2-1-3-9-7/h1-4,11H. The van der Waals surface area contributed by atoms with Crippen molar-refractivity contribution >= 4 is 39.8 Å². The third kappa shape index (κ3) is 1.06. The first-order valence-corrected chi connectivity index (χ1v) is 4.29. The Hall–Kier alpha value is -0.480. The normalized spacial score (nSPS) is 10.7. The molecule has 0 bridgehead atoms. The molecule has 0 aromatic carbocycles. The minimum Gasteiger partial charge on any atom is -0.277 e. The Morgan fingerprint density at radius 3 is 3.09 bits per heavy atom. The number of hydrogen-bond donors (Lipinski definition) is 1. The van der Waals surface area contributed by atoms with Crippen molar-refractivity contribution < 1.29 is 0 Å². The molecule has 0 N–H and O–H groups in total. The number of halogens is 1. The molecule has 0 amide bonds. The lowest BCUT2D eigenvalue weighted by Crippen LogP contribution is -1.78. The van der Waals surface area contributed by atoms with Crippen LogP contribution in [0.3, 0.4) is 0 Å². The van der Waals surface area contributed by atoms with E-state index in [2.05, 4.69) is 33.7 Å². The fourth-order valence-corrected chi connectivity index (χ4v) is 1.95. The van der Waals surface area contributed by atoms with Gasteiger partial charge in [0.15, 0.2) is 5.65 Å². The van der Waals surface area contributed by atoms with Crippen LogP contribution in [-0.4, -0.2) is 8.96 Å². The zero-order valence-corrected chi connectivity index (χ0v) is 8.01. The third-order valence-electron chi connectivity index (χ3n) is 1.50. The van der Waals surface area contributed by atoms with Crippen LogP contribution in [0.15, 0.2) is 29.0 Å². The molecule has 0 spiro atoms. The van der Waals surface area contributed by atoms with Gasteiger partial charge in [-0.1, -0.05) is 12.8 Å². The smallest absolute Gasteiger partial charge is 0.150 e. The van der Waals surface area contributed by atoms with Crippen LogP contribution in [0.4, 0.5) is 0 Å². The monoisotopic (exact) mass is 228 g/mol. The molecule has 2 nitrogen and oxygen atoms in total. The number of fused-ring (bicyclic) bond motifs is 1. The number of hydrogen-bond acceptors (Lipinski definition) is 2. The summed E-state index contributed by atoms with van der Waals surface area (Å²) in [5.74, 6) is 0. The highest BCUT2D eigenvalue weighted by atomic mass is 79.9. The van der Waals surface area contributed by atoms with Gasteiger partial charge in [0.1, 0.15) is 0 Å². The fraction of sp³-hybridized carbons (Fsp3) is 0. The minimum atomic E-state index is 0.878. The Morgan fingerprint density at radius 2 is 2.36 bits per heavy atom. The van der Waals surface area contributed by atoms with Gasteiger partial charge in [0.25, 0.3) is 0 Å². The van der Waals surface area contributed by atoms with Crippen LogP contribution in [-0.2, 0) is 0 Å². The first kappa shape index (κ1) is 7.18. The van der Waals surface area contributed by atoms with Gasteiger partial charge >= 0.3 is 0 Å². The molecule has 0 radical (unpaired) electrons. The molecule has 0 fully saturated rings. The predicted octanol–water partition coefficient (Wildman–Crippen LogP) is 2.49. The van der Waals surface area contributed by atoms with Gasteiger partial charge in [-0.25, -0.2) is 4.98 Å². The van der Waals surface area contributed by atoms with Gasteiger partial charge in [-0.15, -0.1) is 0 Å². The van der Waals surface area contributed by atoms with Crippen molar-refractivity contribution in [3.8, 4) is 0 Å². The Kier molecular flexibility index (Phi) is 1.65. The molecule has 4 heteroatoms. The van der Waals surface area contributed by atoms with E-state index in [9.17, 15) is 0 Å². The maximum absolute atomic E-state index is 4.20. The second-order valence-corrected chi connectivity index (χ2v) is 3.48. The zero-order valence-electron chi connectivity index (χ0n) is 5.53. The van der Waals surface area contributed by atoms with E-state index in [0.29, 0.717) is 0 Å². The summed E-state index contributed by atoms with van der Waals surface area (Å²) in [6.45, 7) is 0. The van der Waals surface area contributed by atoms with E-state index in [1.54, 1.807) is 10.2 Å². The van der Waals surface area contributed by atoms with Gasteiger partial charge in [-0.05, 0) is 28.1 Å². The summed E-state index contributed by atoms with van der Waals surface area (Å²) in [5.41, 5.74) is 0.878. The van der Waals surface area contributed by atoms with Gasteiger partial charge in [0.2, 0.25) is 0 Å². The molecule has 0 aliphatic rings. The SMILES string of the molecule is Sn1cc(Br)c2cccnc21. The van der Waals surface area contributed by atoms with Crippen molar-refractivity contribution in [2.45, 2.75) is 0 Å². The Labute approximate surface area is 77.9 Å². The maximum Gasteiger partial charge on any atom is 0.150 e. The van der Waals surface area contributed by atoms with E-state index < -0.39 is 0 Å². The lowest BCUT2D eigenvalue weighted by atomic mass is 10.3. The second-order valence-electron chi connectivity index (χ2n) is 2.20. The summed E-state index contributed by atoms with van der Waals surface area (Å²) >= 11 is 7.60. The van der Waals surface area contributed by atoms with Gasteiger partial charge in [-0.3, -0.25) is 3.97 Å².